The Balaban J connectivity index is 1.82. The van der Waals surface area contributed by atoms with Crippen LogP contribution >= 0.6 is 0 Å². The molecule has 1 aliphatic heterocycles. The second-order valence-electron chi connectivity index (χ2n) is 6.34. The lowest BCUT2D eigenvalue weighted by molar-refractivity contribution is -0.130. The number of para-hydroxylation sites is 1. The first kappa shape index (κ1) is 17.4. The molecular formula is C20H22F2N2O. The highest BCUT2D eigenvalue weighted by Gasteiger charge is 2.22. The van der Waals surface area contributed by atoms with Gasteiger partial charge >= 0.3 is 0 Å². The zero-order chi connectivity index (χ0) is 17.6. The van der Waals surface area contributed by atoms with Gasteiger partial charge in [0.1, 0.15) is 11.6 Å². The van der Waals surface area contributed by atoms with Crippen LogP contribution < -0.4 is 4.90 Å². The minimum atomic E-state index is -0.412. The predicted octanol–water partition coefficient (Wildman–Crippen LogP) is 3.98. The third-order valence-electron chi connectivity index (χ3n) is 4.55. The topological polar surface area (TPSA) is 23.6 Å². The van der Waals surface area contributed by atoms with Crippen molar-refractivity contribution in [3.63, 3.8) is 0 Å². The lowest BCUT2D eigenvalue weighted by Gasteiger charge is -2.31. The van der Waals surface area contributed by atoms with Gasteiger partial charge in [-0.1, -0.05) is 30.3 Å². The van der Waals surface area contributed by atoms with E-state index in [2.05, 4.69) is 0 Å². The molecule has 0 bridgehead atoms. The summed E-state index contributed by atoms with van der Waals surface area (Å²) in [5.41, 5.74) is 0.758. The van der Waals surface area contributed by atoms with Crippen LogP contribution in [0.3, 0.4) is 0 Å². The number of anilines is 1. The summed E-state index contributed by atoms with van der Waals surface area (Å²) in [4.78, 5) is 16.1. The molecule has 0 aliphatic carbocycles. The van der Waals surface area contributed by atoms with Crippen molar-refractivity contribution in [3.05, 3.63) is 65.7 Å². The first-order chi connectivity index (χ1) is 12.1. The molecule has 0 radical (unpaired) electrons. The van der Waals surface area contributed by atoms with Gasteiger partial charge in [-0.15, -0.1) is 0 Å². The van der Waals surface area contributed by atoms with Gasteiger partial charge in [-0.05, 0) is 37.5 Å². The van der Waals surface area contributed by atoms with E-state index < -0.39 is 5.82 Å². The number of rotatable bonds is 5. The zero-order valence-electron chi connectivity index (χ0n) is 14.1. The van der Waals surface area contributed by atoms with Crippen molar-refractivity contribution >= 4 is 11.6 Å². The molecule has 0 N–H and O–H groups in total. The number of carbonyl (C=O) groups excluding carboxylic acids is 1. The van der Waals surface area contributed by atoms with Gasteiger partial charge < -0.3 is 9.80 Å². The standard InChI is InChI=1S/C20H22F2N2O/c21-17-9-3-2-8-16(17)14-24(19-11-5-4-10-18(19)22)15-20(25)23-12-6-1-7-13-23/h2-5,8-11H,1,6-7,12-15H2. The minimum Gasteiger partial charge on any atom is -0.355 e. The van der Waals surface area contributed by atoms with Crippen molar-refractivity contribution in [1.82, 2.24) is 4.90 Å². The molecule has 1 heterocycles. The number of benzene rings is 2. The van der Waals surface area contributed by atoms with Crippen molar-refractivity contribution in [1.29, 1.82) is 0 Å². The van der Waals surface area contributed by atoms with E-state index in [1.807, 2.05) is 4.90 Å². The van der Waals surface area contributed by atoms with E-state index in [1.54, 1.807) is 41.3 Å². The fraction of sp³-hybridized carbons (Fsp3) is 0.350. The Morgan fingerprint density at radius 2 is 1.56 bits per heavy atom. The first-order valence-corrected chi connectivity index (χ1v) is 8.66. The molecule has 1 aliphatic rings. The highest BCUT2D eigenvalue weighted by molar-refractivity contribution is 5.81. The molecule has 5 heteroatoms. The summed E-state index contributed by atoms with van der Waals surface area (Å²) in [5.74, 6) is -0.807. The Kier molecular flexibility index (Phi) is 5.64. The third-order valence-corrected chi connectivity index (χ3v) is 4.55. The highest BCUT2D eigenvalue weighted by Crippen LogP contribution is 2.22. The second-order valence-corrected chi connectivity index (χ2v) is 6.34. The Hall–Kier alpha value is -2.43. The molecule has 3 nitrogen and oxygen atoms in total. The van der Waals surface area contributed by atoms with Crippen LogP contribution in [0.2, 0.25) is 0 Å². The van der Waals surface area contributed by atoms with E-state index in [9.17, 15) is 13.6 Å². The lowest BCUT2D eigenvalue weighted by Crippen LogP contribution is -2.43. The average molecular weight is 344 g/mol. The smallest absolute Gasteiger partial charge is 0.242 e. The normalized spacial score (nSPS) is 14.4. The van der Waals surface area contributed by atoms with Crippen LogP contribution in [0.15, 0.2) is 48.5 Å². The molecule has 2 aromatic rings. The maximum Gasteiger partial charge on any atom is 0.242 e. The second kappa shape index (κ2) is 8.10. The summed E-state index contributed by atoms with van der Waals surface area (Å²) in [6.45, 7) is 1.66. The van der Waals surface area contributed by atoms with Crippen LogP contribution in [-0.2, 0) is 11.3 Å². The molecule has 25 heavy (non-hydrogen) atoms. The number of hydrogen-bond acceptors (Lipinski definition) is 2. The molecule has 0 aromatic heterocycles. The monoisotopic (exact) mass is 344 g/mol. The van der Waals surface area contributed by atoms with Gasteiger partial charge in [-0.2, -0.15) is 0 Å². The van der Waals surface area contributed by atoms with Crippen molar-refractivity contribution in [2.75, 3.05) is 24.5 Å². The summed E-state index contributed by atoms with van der Waals surface area (Å²) in [6, 6.07) is 12.7. The molecular weight excluding hydrogens is 322 g/mol. The fourth-order valence-electron chi connectivity index (χ4n) is 3.17. The predicted molar refractivity (Wildman–Crippen MR) is 94.3 cm³/mol. The largest absolute Gasteiger partial charge is 0.355 e. The van der Waals surface area contributed by atoms with Crippen molar-refractivity contribution < 1.29 is 13.6 Å². The van der Waals surface area contributed by atoms with Gasteiger partial charge in [-0.25, -0.2) is 8.78 Å². The molecule has 3 rings (SSSR count). The van der Waals surface area contributed by atoms with Crippen LogP contribution in [0, 0.1) is 11.6 Å². The van der Waals surface area contributed by atoms with Gasteiger partial charge in [0.25, 0.3) is 0 Å². The fourth-order valence-corrected chi connectivity index (χ4v) is 3.17. The van der Waals surface area contributed by atoms with Gasteiger partial charge in [0.2, 0.25) is 5.91 Å². The minimum absolute atomic E-state index is 0.0370. The number of hydrogen-bond donors (Lipinski definition) is 0. The van der Waals surface area contributed by atoms with Gasteiger partial charge in [0.15, 0.2) is 0 Å². The number of likely N-dealkylation sites (tertiary alicyclic amines) is 1. The van der Waals surface area contributed by atoms with E-state index in [-0.39, 0.29) is 24.8 Å². The summed E-state index contributed by atoms with van der Waals surface area (Å²) < 4.78 is 28.3. The van der Waals surface area contributed by atoms with Crippen molar-refractivity contribution in [3.8, 4) is 0 Å². The van der Waals surface area contributed by atoms with Gasteiger partial charge in [-0.3, -0.25) is 4.79 Å². The molecule has 132 valence electrons. The van der Waals surface area contributed by atoms with Crippen LogP contribution in [0.1, 0.15) is 24.8 Å². The van der Waals surface area contributed by atoms with Crippen molar-refractivity contribution in [2.24, 2.45) is 0 Å². The third kappa shape index (κ3) is 4.35. The molecule has 0 saturated carbocycles. The summed E-state index contributed by atoms with van der Waals surface area (Å²) >= 11 is 0. The Morgan fingerprint density at radius 3 is 2.24 bits per heavy atom. The maximum absolute atomic E-state index is 14.3. The molecule has 1 amide bonds. The number of nitrogens with zero attached hydrogens (tertiary/aromatic N) is 2. The van der Waals surface area contributed by atoms with Crippen LogP contribution in [0.25, 0.3) is 0 Å². The van der Waals surface area contributed by atoms with E-state index in [1.165, 1.54) is 12.1 Å². The summed E-state index contributed by atoms with van der Waals surface area (Å²) in [5, 5.41) is 0. The van der Waals surface area contributed by atoms with E-state index >= 15 is 0 Å². The summed E-state index contributed by atoms with van der Waals surface area (Å²) in [6.07, 6.45) is 3.13. The number of halogens is 2. The van der Waals surface area contributed by atoms with Crippen LogP contribution in [-0.4, -0.2) is 30.4 Å². The SMILES string of the molecule is O=C(CN(Cc1ccccc1F)c1ccccc1F)N1CCCCC1. The number of piperidine rings is 1. The van der Waals surface area contributed by atoms with E-state index in [0.29, 0.717) is 11.3 Å². The Morgan fingerprint density at radius 1 is 0.920 bits per heavy atom. The van der Waals surface area contributed by atoms with E-state index in [4.69, 9.17) is 0 Å². The lowest BCUT2D eigenvalue weighted by atomic mass is 10.1. The van der Waals surface area contributed by atoms with Crippen LogP contribution in [0.5, 0.6) is 0 Å². The molecule has 0 unspecified atom stereocenters. The van der Waals surface area contributed by atoms with Crippen LogP contribution in [0.4, 0.5) is 14.5 Å². The molecule has 0 spiro atoms. The quantitative estimate of drug-likeness (QED) is 0.819. The van der Waals surface area contributed by atoms with Gasteiger partial charge in [0, 0.05) is 25.2 Å². The Bertz CT molecular complexity index is 729. The summed E-state index contributed by atoms with van der Waals surface area (Å²) in [7, 11) is 0. The number of amides is 1. The molecule has 1 fully saturated rings. The molecule has 0 atom stereocenters. The highest BCUT2D eigenvalue weighted by atomic mass is 19.1. The zero-order valence-corrected chi connectivity index (χ0v) is 14.1. The average Bonchev–Trinajstić information content (AvgIpc) is 2.64. The van der Waals surface area contributed by atoms with Gasteiger partial charge in [0.05, 0.1) is 12.2 Å². The first-order valence-electron chi connectivity index (χ1n) is 8.66. The maximum atomic E-state index is 14.3. The van der Waals surface area contributed by atoms with E-state index in [0.717, 1.165) is 32.4 Å². The molecule has 2 aromatic carbocycles. The Labute approximate surface area is 146 Å². The molecule has 1 saturated heterocycles. The van der Waals surface area contributed by atoms with Crippen molar-refractivity contribution in [2.45, 2.75) is 25.8 Å². The number of carbonyl (C=O) groups is 1.